The van der Waals surface area contributed by atoms with Gasteiger partial charge < -0.3 is 14.8 Å². The van der Waals surface area contributed by atoms with Gasteiger partial charge >= 0.3 is 5.97 Å². The highest BCUT2D eigenvalue weighted by atomic mass is 16.5. The molecule has 31 heavy (non-hydrogen) atoms. The molecule has 0 spiro atoms. The summed E-state index contributed by atoms with van der Waals surface area (Å²) in [4.78, 5) is 28.4. The zero-order valence-corrected chi connectivity index (χ0v) is 16.9. The highest BCUT2D eigenvalue weighted by Gasteiger charge is 2.28. The van der Waals surface area contributed by atoms with Crippen LogP contribution in [0.25, 0.3) is 27.8 Å². The van der Waals surface area contributed by atoms with Crippen molar-refractivity contribution >= 4 is 17.0 Å². The topological polar surface area (TPSA) is 117 Å². The first-order valence-corrected chi connectivity index (χ1v) is 9.49. The van der Waals surface area contributed by atoms with Gasteiger partial charge in [0.05, 0.1) is 10.9 Å². The molecule has 0 atom stereocenters. The number of hydrogen-bond donors (Lipinski definition) is 3. The van der Waals surface area contributed by atoms with Crippen LogP contribution in [0.1, 0.15) is 29.9 Å². The first kappa shape index (κ1) is 20.2. The summed E-state index contributed by atoms with van der Waals surface area (Å²) < 4.78 is 2.43. The third kappa shape index (κ3) is 3.64. The maximum Gasteiger partial charge on any atom is 0.341 e. The fourth-order valence-electron chi connectivity index (χ4n) is 3.49. The first-order valence-electron chi connectivity index (χ1n) is 9.49. The lowest BCUT2D eigenvalue weighted by molar-refractivity contribution is -0.912. The van der Waals surface area contributed by atoms with Gasteiger partial charge in [0, 0.05) is 28.9 Å². The number of benzene rings is 1. The molecule has 8 heteroatoms. The molecule has 1 aromatic carbocycles. The summed E-state index contributed by atoms with van der Waals surface area (Å²) in [7, 11) is 0. The van der Waals surface area contributed by atoms with Crippen LogP contribution in [0.3, 0.4) is 0 Å². The standard InChI is InChI=1S/C23H19N3O5/c1-23(2,30)19-9-8-15(12-26(19)31)14-5-3-6-16(11-14)25-13-18(22(28)29)20(27)17-7-4-10-24-21(17)25/h3-13,30H,1-2H3,(H-,28,29,31)/p+1. The number of carbonyl (C=O) groups is 1. The third-order valence-corrected chi connectivity index (χ3v) is 5.01. The van der Waals surface area contributed by atoms with E-state index < -0.39 is 17.0 Å². The van der Waals surface area contributed by atoms with Crippen molar-refractivity contribution in [1.29, 1.82) is 0 Å². The van der Waals surface area contributed by atoms with Crippen LogP contribution in [0.2, 0.25) is 0 Å². The van der Waals surface area contributed by atoms with E-state index in [1.165, 1.54) is 18.6 Å². The predicted molar refractivity (Wildman–Crippen MR) is 112 cm³/mol. The number of aliphatic hydroxyl groups is 1. The molecule has 3 N–H and O–H groups in total. The van der Waals surface area contributed by atoms with Crippen LogP contribution in [0.15, 0.2) is 71.9 Å². The molecule has 4 aromatic rings. The second-order valence-corrected chi connectivity index (χ2v) is 7.68. The monoisotopic (exact) mass is 418 g/mol. The smallest absolute Gasteiger partial charge is 0.341 e. The van der Waals surface area contributed by atoms with Crippen molar-refractivity contribution in [3.8, 4) is 16.8 Å². The molecule has 0 aliphatic heterocycles. The van der Waals surface area contributed by atoms with Crippen LogP contribution in [-0.2, 0) is 5.60 Å². The number of rotatable bonds is 4. The minimum absolute atomic E-state index is 0.204. The lowest BCUT2D eigenvalue weighted by Gasteiger charge is -2.14. The van der Waals surface area contributed by atoms with Gasteiger partial charge in [-0.05, 0) is 49.7 Å². The molecule has 8 nitrogen and oxygen atoms in total. The van der Waals surface area contributed by atoms with Crippen LogP contribution in [-0.4, -0.2) is 30.9 Å². The van der Waals surface area contributed by atoms with Crippen LogP contribution < -0.4 is 10.2 Å². The Labute approximate surface area is 176 Å². The molecule has 3 heterocycles. The van der Waals surface area contributed by atoms with Gasteiger partial charge in [-0.15, -0.1) is 0 Å². The third-order valence-electron chi connectivity index (χ3n) is 5.01. The molecule has 0 fully saturated rings. The molecule has 4 rings (SSSR count). The summed E-state index contributed by atoms with van der Waals surface area (Å²) in [6, 6.07) is 13.7. The number of aromatic carboxylic acids is 1. The van der Waals surface area contributed by atoms with Crippen molar-refractivity contribution in [3.63, 3.8) is 0 Å². The van der Waals surface area contributed by atoms with E-state index in [2.05, 4.69) is 4.98 Å². The molecule has 0 unspecified atom stereocenters. The Morgan fingerprint density at radius 3 is 2.55 bits per heavy atom. The van der Waals surface area contributed by atoms with Crippen molar-refractivity contribution in [2.45, 2.75) is 19.4 Å². The first-order chi connectivity index (χ1) is 14.7. The molecule has 156 valence electrons. The molecule has 0 aliphatic rings. The average molecular weight is 418 g/mol. The van der Waals surface area contributed by atoms with Gasteiger partial charge in [0.1, 0.15) is 16.8 Å². The van der Waals surface area contributed by atoms with Gasteiger partial charge in [-0.3, -0.25) is 10.0 Å². The number of aromatic nitrogens is 3. The summed E-state index contributed by atoms with van der Waals surface area (Å²) in [6.45, 7) is 3.15. The zero-order valence-electron chi connectivity index (χ0n) is 16.9. The van der Waals surface area contributed by atoms with E-state index in [4.69, 9.17) is 0 Å². The largest absolute Gasteiger partial charge is 0.477 e. The van der Waals surface area contributed by atoms with Crippen molar-refractivity contribution < 1.29 is 24.9 Å². The Morgan fingerprint density at radius 1 is 1.10 bits per heavy atom. The molecule has 0 amide bonds. The van der Waals surface area contributed by atoms with E-state index in [-0.39, 0.29) is 10.9 Å². The van der Waals surface area contributed by atoms with Gasteiger partial charge in [0.15, 0.2) is 0 Å². The van der Waals surface area contributed by atoms with Gasteiger partial charge in [0.25, 0.3) is 5.69 Å². The maximum atomic E-state index is 12.5. The Balaban J connectivity index is 1.90. The molecule has 3 aromatic heterocycles. The maximum absolute atomic E-state index is 12.5. The highest BCUT2D eigenvalue weighted by molar-refractivity contribution is 5.92. The number of pyridine rings is 3. The van der Waals surface area contributed by atoms with E-state index >= 15 is 0 Å². The Morgan fingerprint density at radius 2 is 1.87 bits per heavy atom. The van der Waals surface area contributed by atoms with Crippen molar-refractivity contribution in [2.24, 2.45) is 0 Å². The SMILES string of the molecule is CC(C)(O)c1ccc(-c2cccc(-n3cc(C(=O)O)c(=O)c4cccnc43)c2)c[n+]1O. The summed E-state index contributed by atoms with van der Waals surface area (Å²) in [5, 5.41) is 30.1. The summed E-state index contributed by atoms with van der Waals surface area (Å²) in [5.74, 6) is -1.32. The van der Waals surface area contributed by atoms with Gasteiger partial charge in [-0.25, -0.2) is 9.78 Å². The number of fused-ring (bicyclic) bond motifs is 1. The van der Waals surface area contributed by atoms with Crippen molar-refractivity contribution in [1.82, 2.24) is 9.55 Å². The zero-order chi connectivity index (χ0) is 22.3. The molecule has 0 saturated heterocycles. The second kappa shape index (κ2) is 7.33. The lowest BCUT2D eigenvalue weighted by Crippen LogP contribution is -2.41. The molecule has 0 bridgehead atoms. The van der Waals surface area contributed by atoms with Crippen LogP contribution >= 0.6 is 0 Å². The van der Waals surface area contributed by atoms with Gasteiger partial charge in [0.2, 0.25) is 11.6 Å². The number of hydrogen-bond acceptors (Lipinski definition) is 5. The normalized spacial score (nSPS) is 11.6. The fourth-order valence-corrected chi connectivity index (χ4v) is 3.49. The molecular weight excluding hydrogens is 398 g/mol. The Hall–Kier alpha value is -4.04. The van der Waals surface area contributed by atoms with Crippen LogP contribution in [0.5, 0.6) is 0 Å². The predicted octanol–water partition coefficient (Wildman–Crippen LogP) is 2.50. The van der Waals surface area contributed by atoms with Gasteiger partial charge in [-0.2, -0.15) is 0 Å². The van der Waals surface area contributed by atoms with Crippen LogP contribution in [0.4, 0.5) is 0 Å². The summed E-state index contributed by atoms with van der Waals surface area (Å²) in [6.07, 6.45) is 4.28. The van der Waals surface area contributed by atoms with Crippen molar-refractivity contribution in [3.05, 3.63) is 88.6 Å². The van der Waals surface area contributed by atoms with E-state index in [9.17, 15) is 25.0 Å². The molecule has 0 radical (unpaired) electrons. The molecule has 0 aliphatic carbocycles. The molecule has 0 saturated carbocycles. The number of nitrogens with zero attached hydrogens (tertiary/aromatic N) is 3. The van der Waals surface area contributed by atoms with E-state index in [0.717, 1.165) is 10.3 Å². The summed E-state index contributed by atoms with van der Waals surface area (Å²) >= 11 is 0. The van der Waals surface area contributed by atoms with Gasteiger partial charge in [-0.1, -0.05) is 12.1 Å². The lowest BCUT2D eigenvalue weighted by atomic mass is 10.0. The van der Waals surface area contributed by atoms with E-state index in [0.29, 0.717) is 22.6 Å². The average Bonchev–Trinajstić information content (AvgIpc) is 2.73. The fraction of sp³-hybridized carbons (Fsp3) is 0.130. The quantitative estimate of drug-likeness (QED) is 0.346. The van der Waals surface area contributed by atoms with E-state index in [1.807, 2.05) is 6.07 Å². The van der Waals surface area contributed by atoms with Crippen molar-refractivity contribution in [2.75, 3.05) is 0 Å². The Bertz CT molecular complexity index is 1390. The number of carboxylic acid groups (broad SMARTS) is 1. The number of carboxylic acids is 1. The summed E-state index contributed by atoms with van der Waals surface area (Å²) in [5.41, 5.74) is 0.512. The minimum atomic E-state index is -1.32. The van der Waals surface area contributed by atoms with E-state index in [1.54, 1.807) is 60.9 Å². The van der Waals surface area contributed by atoms with Crippen LogP contribution in [0, 0.1) is 0 Å². The minimum Gasteiger partial charge on any atom is -0.477 e. The second-order valence-electron chi connectivity index (χ2n) is 7.68. The molecular formula is C23H20N3O5+. The Kier molecular flexibility index (Phi) is 4.79. The highest BCUT2D eigenvalue weighted by Crippen LogP contribution is 2.25.